The van der Waals surface area contributed by atoms with Crippen LogP contribution in [0.5, 0.6) is 0 Å². The van der Waals surface area contributed by atoms with Gasteiger partial charge < -0.3 is 10.3 Å². The maximum Gasteiger partial charge on any atom is 0.265 e. The molecule has 0 saturated heterocycles. The maximum absolute atomic E-state index is 15.3. The normalized spacial score (nSPS) is 14.7. The molecule has 2 aromatic carbocycles. The molecule has 0 amide bonds. The largest absolute Gasteiger partial charge is 0.383 e. The van der Waals surface area contributed by atoms with Crippen molar-refractivity contribution >= 4 is 66.9 Å². The zero-order valence-corrected chi connectivity index (χ0v) is 21.0. The van der Waals surface area contributed by atoms with Crippen molar-refractivity contribution in [1.82, 2.24) is 23.3 Å². The van der Waals surface area contributed by atoms with Crippen LogP contribution in [0.25, 0.3) is 33.2 Å². The van der Waals surface area contributed by atoms with Crippen LogP contribution >= 0.6 is 23.3 Å². The summed E-state index contributed by atoms with van der Waals surface area (Å²) in [4.78, 5) is 8.33. The van der Waals surface area contributed by atoms with Crippen molar-refractivity contribution in [1.29, 1.82) is 0 Å². The van der Waals surface area contributed by atoms with Crippen LogP contribution in [0.1, 0.15) is 31.7 Å². The maximum atomic E-state index is 15.3. The van der Waals surface area contributed by atoms with Gasteiger partial charge in [0.05, 0.1) is 27.8 Å². The van der Waals surface area contributed by atoms with E-state index in [9.17, 15) is 8.42 Å². The van der Waals surface area contributed by atoms with Gasteiger partial charge in [-0.15, -0.1) is 0 Å². The number of anilines is 2. The number of hydrogen-bond acceptors (Lipinski definition) is 8. The first-order chi connectivity index (χ1) is 17.3. The predicted octanol–water partition coefficient (Wildman–Crippen LogP) is 5.39. The lowest BCUT2D eigenvalue weighted by atomic mass is 10.1. The van der Waals surface area contributed by atoms with Gasteiger partial charge in [0.2, 0.25) is 0 Å². The second-order valence-corrected chi connectivity index (χ2v) is 11.2. The van der Waals surface area contributed by atoms with Crippen LogP contribution in [-0.4, -0.2) is 31.7 Å². The van der Waals surface area contributed by atoms with Gasteiger partial charge in [-0.1, -0.05) is 30.5 Å². The van der Waals surface area contributed by atoms with Gasteiger partial charge in [-0.25, -0.2) is 22.8 Å². The van der Waals surface area contributed by atoms with Gasteiger partial charge >= 0.3 is 0 Å². The van der Waals surface area contributed by atoms with E-state index in [2.05, 4.69) is 28.0 Å². The van der Waals surface area contributed by atoms with Gasteiger partial charge in [0.15, 0.2) is 0 Å². The zero-order valence-electron chi connectivity index (χ0n) is 18.6. The van der Waals surface area contributed by atoms with Crippen molar-refractivity contribution in [3.05, 3.63) is 53.7 Å². The first-order valence-electron chi connectivity index (χ1n) is 11.2. The Bertz CT molecular complexity index is 1750. The van der Waals surface area contributed by atoms with E-state index in [-0.39, 0.29) is 21.1 Å². The minimum Gasteiger partial charge on any atom is -0.383 e. The van der Waals surface area contributed by atoms with Gasteiger partial charge in [-0.2, -0.15) is 8.75 Å². The Labute approximate surface area is 214 Å². The quantitative estimate of drug-likeness (QED) is 0.304. The SMILES string of the molecule is Nc1ncnc2c1c(-c1ccc(NS(=O)(=O)c3c(Cl)ccc4nsnc34)c(F)c1)cn2C1CCCC1. The summed E-state index contributed by atoms with van der Waals surface area (Å²) in [5.74, 6) is -0.454. The molecule has 3 N–H and O–H groups in total. The van der Waals surface area contributed by atoms with E-state index < -0.39 is 15.8 Å². The summed E-state index contributed by atoms with van der Waals surface area (Å²) in [6.07, 6.45) is 7.70. The number of hydrogen-bond donors (Lipinski definition) is 2. The summed E-state index contributed by atoms with van der Waals surface area (Å²) in [7, 11) is -4.25. The highest BCUT2D eigenvalue weighted by Gasteiger charge is 2.26. The van der Waals surface area contributed by atoms with Crippen LogP contribution in [0.15, 0.2) is 47.8 Å². The lowest BCUT2D eigenvalue weighted by Crippen LogP contribution is -2.15. The van der Waals surface area contributed by atoms with Crippen LogP contribution in [0, 0.1) is 5.82 Å². The average molecular weight is 544 g/mol. The van der Waals surface area contributed by atoms with Crippen molar-refractivity contribution in [3.8, 4) is 11.1 Å². The van der Waals surface area contributed by atoms with E-state index >= 15 is 4.39 Å². The third kappa shape index (κ3) is 3.76. The zero-order chi connectivity index (χ0) is 25.0. The number of halogens is 2. The molecule has 0 bridgehead atoms. The molecule has 1 fully saturated rings. The minimum atomic E-state index is -4.25. The van der Waals surface area contributed by atoms with Gasteiger partial charge in [-0.05, 0) is 42.7 Å². The number of rotatable bonds is 5. The Morgan fingerprint density at radius 3 is 2.72 bits per heavy atom. The Hall–Kier alpha value is -3.35. The van der Waals surface area contributed by atoms with E-state index in [1.165, 1.54) is 24.5 Å². The summed E-state index contributed by atoms with van der Waals surface area (Å²) >= 11 is 7.05. The number of nitrogen functional groups attached to an aromatic ring is 1. The molecule has 5 aromatic rings. The third-order valence-electron chi connectivity index (χ3n) is 6.48. The number of nitrogens with two attached hydrogens (primary N) is 1. The van der Waals surface area contributed by atoms with E-state index in [1.807, 2.05) is 6.20 Å². The number of nitrogens with zero attached hydrogens (tertiary/aromatic N) is 5. The second kappa shape index (κ2) is 8.64. The molecule has 1 aliphatic carbocycles. The summed E-state index contributed by atoms with van der Waals surface area (Å²) in [6, 6.07) is 7.56. The summed E-state index contributed by atoms with van der Waals surface area (Å²) in [5, 5.41) is 0.613. The Kier molecular flexibility index (Phi) is 5.54. The fourth-order valence-corrected chi connectivity index (χ4v) is 7.15. The first kappa shape index (κ1) is 23.1. The topological polar surface area (TPSA) is 129 Å². The number of fused-ring (bicyclic) bond motifs is 2. The van der Waals surface area contributed by atoms with Gasteiger partial charge in [-0.3, -0.25) is 4.72 Å². The van der Waals surface area contributed by atoms with Crippen LogP contribution in [-0.2, 0) is 10.0 Å². The predicted molar refractivity (Wildman–Crippen MR) is 138 cm³/mol. The summed E-state index contributed by atoms with van der Waals surface area (Å²) in [6.45, 7) is 0. The first-order valence-corrected chi connectivity index (χ1v) is 13.8. The standard InChI is InChI=1S/C23H19ClFN7O2S2/c24-15-6-8-18-20(30-35-29-18)21(15)36(33,34)31-17-7-5-12(9-16(17)25)14-10-32(13-3-1-2-4-13)23-19(14)22(26)27-11-28-23/h5-11,13,31H,1-4H2,(H2,26,27,28). The van der Waals surface area contributed by atoms with Crippen molar-refractivity contribution in [2.75, 3.05) is 10.5 Å². The molecule has 0 aliphatic heterocycles. The van der Waals surface area contributed by atoms with Gasteiger partial charge in [0, 0.05) is 17.8 Å². The van der Waals surface area contributed by atoms with E-state index in [0.717, 1.165) is 37.4 Å². The molecular weight excluding hydrogens is 525 g/mol. The van der Waals surface area contributed by atoms with Crippen LogP contribution < -0.4 is 10.5 Å². The van der Waals surface area contributed by atoms with Crippen molar-refractivity contribution in [2.24, 2.45) is 0 Å². The van der Waals surface area contributed by atoms with Crippen LogP contribution in [0.2, 0.25) is 5.02 Å². The molecule has 0 atom stereocenters. The molecular formula is C23H19ClFN7O2S2. The molecule has 3 aromatic heterocycles. The third-order valence-corrected chi connectivity index (χ3v) is 8.89. The minimum absolute atomic E-state index is 0.0325. The number of aromatic nitrogens is 5. The lowest BCUT2D eigenvalue weighted by Gasteiger charge is -2.12. The molecule has 0 spiro atoms. The summed E-state index contributed by atoms with van der Waals surface area (Å²) < 4.78 is 54.1. The highest BCUT2D eigenvalue weighted by atomic mass is 35.5. The number of nitrogens with one attached hydrogen (secondary N) is 1. The van der Waals surface area contributed by atoms with Crippen molar-refractivity contribution in [2.45, 2.75) is 36.6 Å². The lowest BCUT2D eigenvalue weighted by molar-refractivity contribution is 0.532. The highest BCUT2D eigenvalue weighted by molar-refractivity contribution is 7.93. The number of benzene rings is 2. The average Bonchev–Trinajstić information content (AvgIpc) is 3.59. The monoisotopic (exact) mass is 543 g/mol. The Morgan fingerprint density at radius 2 is 1.94 bits per heavy atom. The molecule has 184 valence electrons. The van der Waals surface area contributed by atoms with Crippen molar-refractivity contribution < 1.29 is 12.8 Å². The Balaban J connectivity index is 1.40. The molecule has 3 heterocycles. The molecule has 9 nitrogen and oxygen atoms in total. The van der Waals surface area contributed by atoms with E-state index in [4.69, 9.17) is 17.3 Å². The van der Waals surface area contributed by atoms with Gasteiger partial charge in [0.25, 0.3) is 10.0 Å². The molecule has 0 unspecified atom stereocenters. The molecule has 0 radical (unpaired) electrons. The fraction of sp³-hybridized carbons (Fsp3) is 0.217. The highest BCUT2D eigenvalue weighted by Crippen LogP contribution is 2.39. The Morgan fingerprint density at radius 1 is 1.14 bits per heavy atom. The summed E-state index contributed by atoms with van der Waals surface area (Å²) in [5.41, 5.74) is 8.41. The molecule has 1 saturated carbocycles. The van der Waals surface area contributed by atoms with Crippen LogP contribution in [0.4, 0.5) is 15.9 Å². The second-order valence-electron chi connectivity index (χ2n) is 8.65. The van der Waals surface area contributed by atoms with Gasteiger partial charge in [0.1, 0.15) is 39.5 Å². The molecule has 1 aliphatic rings. The van der Waals surface area contributed by atoms with Crippen LogP contribution in [0.3, 0.4) is 0 Å². The molecule has 36 heavy (non-hydrogen) atoms. The number of sulfonamides is 1. The molecule has 13 heteroatoms. The molecule has 6 rings (SSSR count). The fourth-order valence-electron chi connectivity index (χ4n) is 4.81. The van der Waals surface area contributed by atoms with E-state index in [0.29, 0.717) is 39.5 Å². The van der Waals surface area contributed by atoms with E-state index in [1.54, 1.807) is 12.1 Å². The van der Waals surface area contributed by atoms with Crippen molar-refractivity contribution in [3.63, 3.8) is 0 Å². The smallest absolute Gasteiger partial charge is 0.265 e.